The fourth-order valence-electron chi connectivity index (χ4n) is 3.31. The highest BCUT2D eigenvalue weighted by molar-refractivity contribution is 7.10. The topological polar surface area (TPSA) is 98.1 Å². The van der Waals surface area contributed by atoms with Gasteiger partial charge in [-0.2, -0.15) is 9.47 Å². The van der Waals surface area contributed by atoms with E-state index in [1.807, 2.05) is 38.2 Å². The molecule has 0 saturated heterocycles. The minimum absolute atomic E-state index is 0.129. The molecule has 4 rings (SSSR count). The summed E-state index contributed by atoms with van der Waals surface area (Å²) in [5, 5.41) is 8.31. The van der Waals surface area contributed by atoms with E-state index in [4.69, 9.17) is 4.74 Å². The summed E-state index contributed by atoms with van der Waals surface area (Å²) < 4.78 is 24.6. The van der Waals surface area contributed by atoms with Crippen LogP contribution in [-0.4, -0.2) is 62.3 Å². The summed E-state index contributed by atoms with van der Waals surface area (Å²) in [5.74, 6) is 0.182. The number of aromatic nitrogens is 5. The van der Waals surface area contributed by atoms with Gasteiger partial charge in [0.1, 0.15) is 11.6 Å². The second kappa shape index (κ2) is 9.92. The highest BCUT2D eigenvalue weighted by Crippen LogP contribution is 2.47. The Kier molecular flexibility index (Phi) is 6.99. The van der Waals surface area contributed by atoms with Gasteiger partial charge in [-0.25, -0.2) is 9.97 Å². The van der Waals surface area contributed by atoms with E-state index in [0.29, 0.717) is 31.2 Å². The van der Waals surface area contributed by atoms with Crippen molar-refractivity contribution >= 4 is 28.5 Å². The van der Waals surface area contributed by atoms with Crippen LogP contribution in [0.5, 0.6) is 0 Å². The number of halogens is 1. The van der Waals surface area contributed by atoms with Gasteiger partial charge in [0.2, 0.25) is 5.95 Å². The van der Waals surface area contributed by atoms with Gasteiger partial charge < -0.3 is 15.0 Å². The van der Waals surface area contributed by atoms with Crippen molar-refractivity contribution in [3.05, 3.63) is 35.9 Å². The molecule has 0 bridgehead atoms. The molecule has 3 heterocycles. The first-order valence-electron chi connectivity index (χ1n) is 10.8. The van der Waals surface area contributed by atoms with Gasteiger partial charge in [-0.3, -0.25) is 13.9 Å². The molecular weight excluding hydrogens is 445 g/mol. The fraction of sp³-hybridized carbons (Fsp3) is 0.500. The van der Waals surface area contributed by atoms with Crippen molar-refractivity contribution in [1.82, 2.24) is 29.0 Å². The number of esters is 1. The van der Waals surface area contributed by atoms with E-state index in [-0.39, 0.29) is 24.7 Å². The lowest BCUT2D eigenvalue weighted by atomic mass is 10.1. The van der Waals surface area contributed by atoms with E-state index in [1.54, 1.807) is 17.1 Å². The highest BCUT2D eigenvalue weighted by atomic mass is 32.1. The fourth-order valence-corrected chi connectivity index (χ4v) is 3.96. The van der Waals surface area contributed by atoms with Gasteiger partial charge >= 0.3 is 5.97 Å². The minimum atomic E-state index is -0.311. The number of alkyl halides is 1. The van der Waals surface area contributed by atoms with Crippen molar-refractivity contribution in [2.75, 3.05) is 32.6 Å². The average Bonchev–Trinajstić information content (AvgIpc) is 3.18. The summed E-state index contributed by atoms with van der Waals surface area (Å²) >= 11 is 1.25. The molecule has 3 aromatic heterocycles. The molecule has 0 atom stereocenters. The predicted molar refractivity (Wildman–Crippen MR) is 124 cm³/mol. The maximum Gasteiger partial charge on any atom is 0.307 e. The van der Waals surface area contributed by atoms with Gasteiger partial charge in [-0.15, -0.1) is 0 Å². The van der Waals surface area contributed by atoms with E-state index < -0.39 is 0 Å². The maximum absolute atomic E-state index is 13.2. The zero-order valence-corrected chi connectivity index (χ0v) is 19.9. The summed E-state index contributed by atoms with van der Waals surface area (Å²) in [6, 6.07) is 1.82. The second-order valence-corrected chi connectivity index (χ2v) is 9.61. The molecule has 0 spiro atoms. The van der Waals surface area contributed by atoms with Gasteiger partial charge in [-0.1, -0.05) is 0 Å². The average molecular weight is 474 g/mol. The first kappa shape index (κ1) is 23.2. The number of rotatable bonds is 11. The number of anilines is 2. The van der Waals surface area contributed by atoms with Crippen molar-refractivity contribution in [3.63, 3.8) is 0 Å². The number of hydrogen-bond donors (Lipinski definition) is 1. The largest absolute Gasteiger partial charge is 0.459 e. The van der Waals surface area contributed by atoms with Crippen molar-refractivity contribution in [3.8, 4) is 11.3 Å². The Balaban J connectivity index is 1.38. The second-order valence-electron chi connectivity index (χ2n) is 8.81. The van der Waals surface area contributed by atoms with Crippen molar-refractivity contribution in [2.45, 2.75) is 39.3 Å². The Morgan fingerprint density at radius 3 is 2.91 bits per heavy atom. The molecule has 0 unspecified atom stereocenters. The van der Waals surface area contributed by atoms with E-state index in [2.05, 4.69) is 24.8 Å². The number of hydrogen-bond acceptors (Lipinski definition) is 9. The molecule has 3 aromatic rings. The first-order chi connectivity index (χ1) is 15.9. The van der Waals surface area contributed by atoms with Crippen LogP contribution >= 0.6 is 11.5 Å². The summed E-state index contributed by atoms with van der Waals surface area (Å²) in [6.45, 7) is 2.99. The van der Waals surface area contributed by atoms with Gasteiger partial charge in [0, 0.05) is 36.5 Å². The van der Waals surface area contributed by atoms with Crippen LogP contribution in [0.4, 0.5) is 15.3 Å². The van der Waals surface area contributed by atoms with Crippen LogP contribution in [-0.2, 0) is 22.7 Å². The van der Waals surface area contributed by atoms with Gasteiger partial charge in [0.25, 0.3) is 0 Å². The molecule has 1 aliphatic rings. The number of carbonyl (C=O) groups is 1. The van der Waals surface area contributed by atoms with Crippen molar-refractivity contribution in [1.29, 1.82) is 0 Å². The summed E-state index contributed by atoms with van der Waals surface area (Å²) in [6.07, 6.45) is 7.57. The molecular formula is C22H28FN7O2S. The van der Waals surface area contributed by atoms with Crippen LogP contribution in [0.1, 0.15) is 30.5 Å². The highest BCUT2D eigenvalue weighted by Gasteiger charge is 2.43. The number of nitrogens with one attached hydrogen (secondary N) is 1. The Labute approximate surface area is 196 Å². The number of ether oxygens (including phenoxy) is 1. The molecule has 1 aliphatic carbocycles. The zero-order chi connectivity index (χ0) is 23.4. The van der Waals surface area contributed by atoms with E-state index in [1.165, 1.54) is 11.5 Å². The summed E-state index contributed by atoms with van der Waals surface area (Å²) in [7, 11) is 3.82. The molecule has 0 aliphatic heterocycles. The standard InChI is InChI=1S/C22H28FN7O2S/c1-15-9-24-21(26-18-8-17(28-33-18)12-32-19(31)4-7-29(2)3)27-20(15)16-10-25-30(11-16)14-22(13-23)5-6-22/h8-11H,4-7,12-14H2,1-3H3,(H,24,26,27). The van der Waals surface area contributed by atoms with Crippen LogP contribution in [0.3, 0.4) is 0 Å². The lowest BCUT2D eigenvalue weighted by molar-refractivity contribution is -0.145. The van der Waals surface area contributed by atoms with Crippen molar-refractivity contribution in [2.24, 2.45) is 5.41 Å². The summed E-state index contributed by atoms with van der Waals surface area (Å²) in [5.41, 5.74) is 2.98. The van der Waals surface area contributed by atoms with Crippen LogP contribution in [0.25, 0.3) is 11.3 Å². The monoisotopic (exact) mass is 473 g/mol. The van der Waals surface area contributed by atoms with Crippen molar-refractivity contribution < 1.29 is 13.9 Å². The van der Waals surface area contributed by atoms with Crippen LogP contribution in [0, 0.1) is 12.3 Å². The molecule has 33 heavy (non-hydrogen) atoms. The molecule has 0 radical (unpaired) electrons. The normalized spacial score (nSPS) is 14.5. The molecule has 9 nitrogen and oxygen atoms in total. The van der Waals surface area contributed by atoms with Crippen LogP contribution in [0.15, 0.2) is 24.7 Å². The Hall–Kier alpha value is -2.92. The lowest BCUT2D eigenvalue weighted by Crippen LogP contribution is -2.17. The number of carbonyl (C=O) groups excluding carboxylic acids is 1. The Bertz CT molecular complexity index is 1110. The van der Waals surface area contributed by atoms with Gasteiger partial charge in [0.05, 0.1) is 30.7 Å². The van der Waals surface area contributed by atoms with E-state index in [9.17, 15) is 9.18 Å². The molecule has 1 fully saturated rings. The van der Waals surface area contributed by atoms with E-state index >= 15 is 0 Å². The Morgan fingerprint density at radius 2 is 2.18 bits per heavy atom. The minimum Gasteiger partial charge on any atom is -0.459 e. The number of aryl methyl sites for hydroxylation is 1. The van der Waals surface area contributed by atoms with Crippen LogP contribution < -0.4 is 5.32 Å². The van der Waals surface area contributed by atoms with Gasteiger partial charge in [0.15, 0.2) is 0 Å². The smallest absolute Gasteiger partial charge is 0.307 e. The zero-order valence-electron chi connectivity index (χ0n) is 19.0. The SMILES string of the molecule is Cc1cnc(Nc2cc(COC(=O)CCN(C)C)ns2)nc1-c1cnn(CC2(CF)CC2)c1. The molecule has 176 valence electrons. The first-order valence-corrected chi connectivity index (χ1v) is 11.6. The third-order valence-electron chi connectivity index (χ3n) is 5.55. The molecule has 1 saturated carbocycles. The third kappa shape index (κ3) is 6.11. The quantitative estimate of drug-likeness (QED) is 0.422. The predicted octanol–water partition coefficient (Wildman–Crippen LogP) is 3.59. The lowest BCUT2D eigenvalue weighted by Gasteiger charge is -2.09. The molecule has 0 aromatic carbocycles. The van der Waals surface area contributed by atoms with Crippen LogP contribution in [0.2, 0.25) is 0 Å². The molecule has 0 amide bonds. The van der Waals surface area contributed by atoms with E-state index in [0.717, 1.165) is 34.7 Å². The molecule has 1 N–H and O–H groups in total. The van der Waals surface area contributed by atoms with Gasteiger partial charge in [-0.05, 0) is 57.0 Å². The third-order valence-corrected chi connectivity index (χ3v) is 6.30. The maximum atomic E-state index is 13.2. The summed E-state index contributed by atoms with van der Waals surface area (Å²) in [4.78, 5) is 22.7. The number of nitrogens with zero attached hydrogens (tertiary/aromatic N) is 6. The Morgan fingerprint density at radius 1 is 1.36 bits per heavy atom. The molecule has 11 heteroatoms.